The largest absolute Gasteiger partial charge is 0.305 e. The lowest BCUT2D eigenvalue weighted by molar-refractivity contribution is 0.0752. The first-order chi connectivity index (χ1) is 7.53. The molecule has 90 valence electrons. The summed E-state index contributed by atoms with van der Waals surface area (Å²) >= 11 is 0. The molecule has 16 heavy (non-hydrogen) atoms. The highest BCUT2D eigenvalue weighted by atomic mass is 15.2. The number of hydrogen-bond donors (Lipinski definition) is 0. The zero-order chi connectivity index (χ0) is 11.5. The molecule has 2 heteroatoms. The van der Waals surface area contributed by atoms with Gasteiger partial charge in [0.05, 0.1) is 0 Å². The molecule has 3 rings (SSSR count). The minimum Gasteiger partial charge on any atom is -0.305 e. The highest BCUT2D eigenvalue weighted by Gasteiger charge is 2.69. The maximum Gasteiger partial charge on any atom is 0.170 e. The van der Waals surface area contributed by atoms with Gasteiger partial charge >= 0.3 is 0 Å². The minimum atomic E-state index is 0.767. The first-order valence-corrected chi connectivity index (χ1v) is 7.29. The zero-order valence-electron chi connectivity index (χ0n) is 11.4. The normalized spacial score (nSPS) is 42.0. The van der Waals surface area contributed by atoms with Gasteiger partial charge in [0.2, 0.25) is 0 Å². The Balaban J connectivity index is 1.71. The first-order valence-electron chi connectivity index (χ1n) is 7.29. The monoisotopic (exact) mass is 219 g/mol. The van der Waals surface area contributed by atoms with Crippen LogP contribution in [0.1, 0.15) is 53.4 Å². The summed E-state index contributed by atoms with van der Waals surface area (Å²) in [6.45, 7) is 12.0. The molecule has 3 aliphatic rings. The van der Waals surface area contributed by atoms with Crippen LogP contribution < -0.4 is 0 Å². The van der Waals surface area contributed by atoms with Crippen LogP contribution in [0.2, 0.25) is 11.1 Å². The van der Waals surface area contributed by atoms with Crippen LogP contribution >= 0.6 is 0 Å². The number of nitrogens with zero attached hydrogens (tertiary/aromatic N) is 1. The molecule has 3 unspecified atom stereocenters. The molecule has 3 saturated heterocycles. The van der Waals surface area contributed by atoms with Gasteiger partial charge in [-0.05, 0) is 50.4 Å². The van der Waals surface area contributed by atoms with Crippen molar-refractivity contribution < 1.29 is 0 Å². The van der Waals surface area contributed by atoms with Crippen LogP contribution in [0.25, 0.3) is 0 Å². The van der Waals surface area contributed by atoms with E-state index in [2.05, 4.69) is 32.6 Å². The second-order valence-electron chi connectivity index (χ2n) is 7.34. The van der Waals surface area contributed by atoms with Crippen LogP contribution in [0.3, 0.4) is 0 Å². The van der Waals surface area contributed by atoms with Gasteiger partial charge in [-0.2, -0.15) is 0 Å². The number of hydrogen-bond acceptors (Lipinski definition) is 1. The van der Waals surface area contributed by atoms with Crippen molar-refractivity contribution in [2.75, 3.05) is 6.54 Å². The van der Waals surface area contributed by atoms with E-state index in [0.29, 0.717) is 0 Å². The summed E-state index contributed by atoms with van der Waals surface area (Å²) in [6.07, 6.45) is 6.07. The van der Waals surface area contributed by atoms with Crippen molar-refractivity contribution in [2.24, 2.45) is 5.92 Å². The molecule has 0 N–H and O–H groups in total. The van der Waals surface area contributed by atoms with Gasteiger partial charge in [0.1, 0.15) is 0 Å². The van der Waals surface area contributed by atoms with Crippen molar-refractivity contribution in [3.8, 4) is 0 Å². The van der Waals surface area contributed by atoms with E-state index in [1.807, 2.05) is 0 Å². The highest BCUT2D eigenvalue weighted by molar-refractivity contribution is 6.72. The van der Waals surface area contributed by atoms with Gasteiger partial charge in [-0.1, -0.05) is 32.5 Å². The Labute approximate surface area is 101 Å². The smallest absolute Gasteiger partial charge is 0.170 e. The number of likely N-dealkylation sites (tertiary alicyclic amines) is 1. The molecule has 0 bridgehead atoms. The maximum absolute atomic E-state index is 2.79. The van der Waals surface area contributed by atoms with Gasteiger partial charge in [-0.25, -0.2) is 0 Å². The summed E-state index contributed by atoms with van der Waals surface area (Å²) in [4.78, 5) is 2.79. The van der Waals surface area contributed by atoms with E-state index in [0.717, 1.165) is 35.7 Å². The fraction of sp³-hybridized carbons (Fsp3) is 1.00. The molecule has 0 aromatic heterocycles. The fourth-order valence-electron chi connectivity index (χ4n) is 5.29. The Kier molecular flexibility index (Phi) is 2.44. The molecule has 0 aromatic rings. The Morgan fingerprint density at radius 2 is 2.00 bits per heavy atom. The van der Waals surface area contributed by atoms with Gasteiger partial charge in [-0.15, -0.1) is 0 Å². The molecule has 3 fully saturated rings. The van der Waals surface area contributed by atoms with Crippen molar-refractivity contribution in [2.45, 2.75) is 76.5 Å². The molecule has 0 amide bonds. The van der Waals surface area contributed by atoms with Gasteiger partial charge < -0.3 is 4.90 Å². The lowest BCUT2D eigenvalue weighted by Crippen LogP contribution is -2.74. The highest BCUT2D eigenvalue weighted by Crippen LogP contribution is 2.72. The summed E-state index contributed by atoms with van der Waals surface area (Å²) in [5, 5.41) is 0.803. The Morgan fingerprint density at radius 1 is 1.25 bits per heavy atom. The summed E-state index contributed by atoms with van der Waals surface area (Å²) in [7, 11) is 0. The second-order valence-corrected chi connectivity index (χ2v) is 7.34. The molecule has 3 aliphatic heterocycles. The molecule has 3 heterocycles. The quantitative estimate of drug-likeness (QED) is 0.657. The topological polar surface area (TPSA) is 3.24 Å². The zero-order valence-corrected chi connectivity index (χ0v) is 11.4. The lowest BCUT2D eigenvalue weighted by Gasteiger charge is -2.72. The van der Waals surface area contributed by atoms with E-state index in [1.165, 1.54) is 25.8 Å². The van der Waals surface area contributed by atoms with E-state index in [9.17, 15) is 0 Å². The van der Waals surface area contributed by atoms with E-state index in [1.54, 1.807) is 6.42 Å². The predicted molar refractivity (Wildman–Crippen MR) is 71.1 cm³/mol. The SMILES string of the molecule is CC(C)CC12CC3CCN(C(C)C)C(C1)B32. The van der Waals surface area contributed by atoms with Crippen molar-refractivity contribution in [1.82, 2.24) is 4.90 Å². The lowest BCUT2D eigenvalue weighted by atomic mass is 9.03. The van der Waals surface area contributed by atoms with Crippen LogP contribution in [-0.2, 0) is 0 Å². The van der Waals surface area contributed by atoms with Gasteiger partial charge in [0.15, 0.2) is 6.71 Å². The Morgan fingerprint density at radius 3 is 2.62 bits per heavy atom. The predicted octanol–water partition coefficient (Wildman–Crippen LogP) is 3.47. The van der Waals surface area contributed by atoms with Crippen molar-refractivity contribution in [3.63, 3.8) is 0 Å². The summed E-state index contributed by atoms with van der Waals surface area (Å²) in [5.74, 6) is 2.97. The third kappa shape index (κ3) is 1.35. The average molecular weight is 219 g/mol. The molecular formula is C14H26BN. The molecule has 0 aliphatic carbocycles. The van der Waals surface area contributed by atoms with Gasteiger partial charge in [-0.3, -0.25) is 0 Å². The fourth-order valence-corrected chi connectivity index (χ4v) is 5.29. The second kappa shape index (κ2) is 3.51. The molecular weight excluding hydrogens is 193 g/mol. The third-order valence-corrected chi connectivity index (χ3v) is 5.58. The standard InChI is InChI=1S/C14H26BN/c1-10(2)7-14-8-12-5-6-16(11(3)4)13(9-14)15(12)14/h10-13H,5-9H2,1-4H3. The van der Waals surface area contributed by atoms with E-state index < -0.39 is 0 Å². The van der Waals surface area contributed by atoms with E-state index >= 15 is 0 Å². The molecule has 0 aromatic carbocycles. The van der Waals surface area contributed by atoms with Crippen LogP contribution in [0.15, 0.2) is 0 Å². The Hall–Kier alpha value is 0.0249. The van der Waals surface area contributed by atoms with Crippen molar-refractivity contribution in [1.29, 1.82) is 0 Å². The van der Waals surface area contributed by atoms with E-state index in [-0.39, 0.29) is 0 Å². The van der Waals surface area contributed by atoms with Crippen molar-refractivity contribution in [3.05, 3.63) is 0 Å². The molecule has 0 saturated carbocycles. The first kappa shape index (κ1) is 11.1. The molecule has 1 nitrogen and oxygen atoms in total. The summed E-state index contributed by atoms with van der Waals surface area (Å²) < 4.78 is 0. The van der Waals surface area contributed by atoms with Crippen molar-refractivity contribution >= 4 is 6.71 Å². The molecule has 0 radical (unpaired) electrons. The summed E-state index contributed by atoms with van der Waals surface area (Å²) in [6, 6.07) is 0.767. The maximum atomic E-state index is 2.79. The average Bonchev–Trinajstić information content (AvgIpc) is 2.11. The summed E-state index contributed by atoms with van der Waals surface area (Å²) in [5.41, 5.74) is 0. The molecule has 0 spiro atoms. The minimum absolute atomic E-state index is 0.767. The van der Waals surface area contributed by atoms with Gasteiger partial charge in [0.25, 0.3) is 0 Å². The van der Waals surface area contributed by atoms with E-state index in [4.69, 9.17) is 0 Å². The van der Waals surface area contributed by atoms with Crippen LogP contribution in [-0.4, -0.2) is 30.1 Å². The van der Waals surface area contributed by atoms with Crippen LogP contribution in [0.5, 0.6) is 0 Å². The molecule has 3 atom stereocenters. The van der Waals surface area contributed by atoms with Gasteiger partial charge in [0, 0.05) is 6.04 Å². The Bertz CT molecular complexity index is 288. The number of rotatable bonds is 3. The third-order valence-electron chi connectivity index (χ3n) is 5.58. The van der Waals surface area contributed by atoms with Crippen LogP contribution in [0, 0.1) is 5.92 Å². The van der Waals surface area contributed by atoms with Crippen LogP contribution in [0.4, 0.5) is 0 Å².